The maximum absolute atomic E-state index is 4.17. The highest BCUT2D eigenvalue weighted by atomic mass is 32.2. The van der Waals surface area contributed by atoms with Gasteiger partial charge in [-0.15, -0.1) is 0 Å². The van der Waals surface area contributed by atoms with E-state index >= 15 is 0 Å². The van der Waals surface area contributed by atoms with Crippen LogP contribution in [0.4, 0.5) is 0 Å². The average Bonchev–Trinajstić information content (AvgIpc) is 2.32. The first kappa shape index (κ1) is 16.3. The Morgan fingerprint density at radius 3 is 2.59 bits per heavy atom. The van der Waals surface area contributed by atoms with Crippen molar-refractivity contribution >= 4 is 11.8 Å². The van der Waals surface area contributed by atoms with Crippen molar-refractivity contribution in [2.24, 2.45) is 0 Å². The topological polar surface area (TPSA) is 0 Å². The van der Waals surface area contributed by atoms with E-state index in [-0.39, 0.29) is 0 Å². The lowest BCUT2D eigenvalue weighted by Gasteiger charge is -2.10. The summed E-state index contributed by atoms with van der Waals surface area (Å²) in [7, 11) is 0. The van der Waals surface area contributed by atoms with Crippen molar-refractivity contribution in [3.8, 4) is 0 Å². The summed E-state index contributed by atoms with van der Waals surface area (Å²) in [6, 6.07) is 0. The van der Waals surface area contributed by atoms with Crippen LogP contribution in [0.25, 0.3) is 0 Å². The molecule has 0 unspecified atom stereocenters. The molecular formula is C16H26S. The Hall–Kier alpha value is -0.690. The molecule has 0 aromatic carbocycles. The molecule has 0 bridgehead atoms. The first-order valence-electron chi connectivity index (χ1n) is 6.30. The second-order valence-corrected chi connectivity index (χ2v) is 5.21. The third-order valence-electron chi connectivity index (χ3n) is 2.71. The summed E-state index contributed by atoms with van der Waals surface area (Å²) >= 11 is 1.85. The molecule has 0 fully saturated rings. The van der Waals surface area contributed by atoms with Crippen LogP contribution < -0.4 is 0 Å². The fraction of sp³-hybridized carbons (Fsp3) is 0.500. The molecule has 0 amide bonds. The molecule has 0 heterocycles. The highest BCUT2D eigenvalue weighted by molar-refractivity contribution is 7.98. The van der Waals surface area contributed by atoms with E-state index in [4.69, 9.17) is 0 Å². The summed E-state index contributed by atoms with van der Waals surface area (Å²) in [5, 5.41) is 0. The Bertz CT molecular complexity index is 295. The van der Waals surface area contributed by atoms with Crippen LogP contribution in [0.1, 0.15) is 39.5 Å². The van der Waals surface area contributed by atoms with E-state index in [9.17, 15) is 0 Å². The molecule has 0 saturated heterocycles. The van der Waals surface area contributed by atoms with Crippen molar-refractivity contribution in [3.63, 3.8) is 0 Å². The van der Waals surface area contributed by atoms with Crippen LogP contribution in [-0.2, 0) is 0 Å². The summed E-state index contributed by atoms with van der Waals surface area (Å²) in [6.45, 7) is 12.4. The molecule has 1 heteroatoms. The fourth-order valence-electron chi connectivity index (χ4n) is 1.60. The van der Waals surface area contributed by atoms with Crippen molar-refractivity contribution < 1.29 is 0 Å². The van der Waals surface area contributed by atoms with Gasteiger partial charge in [0.25, 0.3) is 0 Å². The predicted molar refractivity (Wildman–Crippen MR) is 83.7 cm³/mol. The highest BCUT2D eigenvalue weighted by Crippen LogP contribution is 2.21. The summed E-state index contributed by atoms with van der Waals surface area (Å²) in [6.07, 6.45) is 13.0. The van der Waals surface area contributed by atoms with E-state index in [1.807, 2.05) is 17.8 Å². The van der Waals surface area contributed by atoms with Crippen LogP contribution in [0.15, 0.2) is 48.1 Å². The van der Waals surface area contributed by atoms with Gasteiger partial charge in [0, 0.05) is 5.75 Å². The normalized spacial score (nSPS) is 12.6. The number of unbranched alkanes of at least 4 members (excludes halogenated alkanes) is 1. The Morgan fingerprint density at radius 2 is 2.06 bits per heavy atom. The van der Waals surface area contributed by atoms with Gasteiger partial charge in [-0.3, -0.25) is 0 Å². The number of hydrogen-bond acceptors (Lipinski definition) is 1. The van der Waals surface area contributed by atoms with E-state index < -0.39 is 0 Å². The largest absolute Gasteiger partial charge is 0.161 e. The van der Waals surface area contributed by atoms with Crippen molar-refractivity contribution in [1.82, 2.24) is 0 Å². The molecule has 96 valence electrons. The van der Waals surface area contributed by atoms with Gasteiger partial charge in [-0.25, -0.2) is 0 Å². The first-order chi connectivity index (χ1) is 8.15. The molecule has 0 aliphatic carbocycles. The van der Waals surface area contributed by atoms with Gasteiger partial charge in [0.1, 0.15) is 0 Å². The number of thioether (sulfide) groups is 1. The lowest BCUT2D eigenvalue weighted by atomic mass is 9.96. The van der Waals surface area contributed by atoms with Gasteiger partial charge in [-0.1, -0.05) is 55.9 Å². The Kier molecular flexibility index (Phi) is 10.0. The van der Waals surface area contributed by atoms with Crippen LogP contribution >= 0.6 is 11.8 Å². The summed E-state index contributed by atoms with van der Waals surface area (Å²) in [5.74, 6) is 1.07. The molecule has 0 aromatic rings. The molecule has 0 rings (SSSR count). The molecule has 0 nitrogen and oxygen atoms in total. The van der Waals surface area contributed by atoms with E-state index in [1.165, 1.54) is 29.6 Å². The minimum absolute atomic E-state index is 0.989. The van der Waals surface area contributed by atoms with Crippen molar-refractivity contribution in [2.75, 3.05) is 12.0 Å². The zero-order valence-electron chi connectivity index (χ0n) is 11.6. The maximum Gasteiger partial charge on any atom is 0.0116 e. The monoisotopic (exact) mass is 250 g/mol. The third-order valence-corrected chi connectivity index (χ3v) is 3.21. The minimum Gasteiger partial charge on any atom is -0.161 e. The molecule has 0 radical (unpaired) electrons. The third kappa shape index (κ3) is 8.09. The van der Waals surface area contributed by atoms with E-state index in [0.29, 0.717) is 0 Å². The Morgan fingerprint density at radius 1 is 1.35 bits per heavy atom. The van der Waals surface area contributed by atoms with E-state index in [0.717, 1.165) is 18.6 Å². The van der Waals surface area contributed by atoms with Crippen molar-refractivity contribution in [2.45, 2.75) is 39.5 Å². The number of allylic oxidation sites excluding steroid dienone is 5. The van der Waals surface area contributed by atoms with Gasteiger partial charge < -0.3 is 0 Å². The van der Waals surface area contributed by atoms with Crippen LogP contribution in [0, 0.1) is 0 Å². The molecule has 0 N–H and O–H groups in total. The van der Waals surface area contributed by atoms with Crippen molar-refractivity contribution in [1.29, 1.82) is 0 Å². The molecule has 0 aliphatic heterocycles. The summed E-state index contributed by atoms with van der Waals surface area (Å²) < 4.78 is 0. The first-order valence-corrected chi connectivity index (χ1v) is 7.69. The smallest absolute Gasteiger partial charge is 0.0116 e. The SMILES string of the molecule is C=C/C=C(CC(=C)CCCC)\C(C)=C/CSC. The van der Waals surface area contributed by atoms with Crippen LogP contribution in [0.2, 0.25) is 0 Å². The lowest BCUT2D eigenvalue weighted by molar-refractivity contribution is 0.773. The van der Waals surface area contributed by atoms with Crippen LogP contribution in [0.3, 0.4) is 0 Å². The van der Waals surface area contributed by atoms with Gasteiger partial charge in [-0.05, 0) is 38.0 Å². The maximum atomic E-state index is 4.17. The number of rotatable bonds is 9. The zero-order valence-corrected chi connectivity index (χ0v) is 12.4. The molecule has 0 spiro atoms. The Balaban J connectivity index is 4.49. The van der Waals surface area contributed by atoms with E-state index in [1.54, 1.807) is 0 Å². The highest BCUT2D eigenvalue weighted by Gasteiger charge is 2.02. The van der Waals surface area contributed by atoms with Crippen molar-refractivity contribution in [3.05, 3.63) is 48.1 Å². The molecule has 0 aliphatic rings. The summed E-state index contributed by atoms with van der Waals surface area (Å²) in [5.41, 5.74) is 4.05. The van der Waals surface area contributed by atoms with Crippen LogP contribution in [0.5, 0.6) is 0 Å². The number of hydrogen-bond donors (Lipinski definition) is 0. The quantitative estimate of drug-likeness (QED) is 0.382. The molecular weight excluding hydrogens is 224 g/mol. The molecule has 0 atom stereocenters. The Labute approximate surface area is 112 Å². The second-order valence-electron chi connectivity index (χ2n) is 4.30. The van der Waals surface area contributed by atoms with Gasteiger partial charge in [-0.2, -0.15) is 11.8 Å². The zero-order chi connectivity index (χ0) is 13.1. The lowest BCUT2D eigenvalue weighted by Crippen LogP contribution is -1.91. The van der Waals surface area contributed by atoms with E-state index in [2.05, 4.69) is 45.4 Å². The molecule has 0 aromatic heterocycles. The molecule has 0 saturated carbocycles. The predicted octanol–water partition coefficient (Wildman–Crippen LogP) is 5.54. The van der Waals surface area contributed by atoms with Crippen LogP contribution in [-0.4, -0.2) is 12.0 Å². The standard InChI is InChI=1S/C16H26S/c1-6-8-10-14(3)13-16(9-7-2)15(4)11-12-17-5/h7,9,11H,2-3,6,8,10,12-13H2,1,4-5H3/b15-11-,16-9-. The average molecular weight is 250 g/mol. The van der Waals surface area contributed by atoms with Gasteiger partial charge in [0.05, 0.1) is 0 Å². The molecule has 17 heavy (non-hydrogen) atoms. The van der Waals surface area contributed by atoms with Gasteiger partial charge in [0.2, 0.25) is 0 Å². The van der Waals surface area contributed by atoms with Gasteiger partial charge in [0.15, 0.2) is 0 Å². The second kappa shape index (κ2) is 10.5. The van der Waals surface area contributed by atoms with Gasteiger partial charge >= 0.3 is 0 Å². The summed E-state index contributed by atoms with van der Waals surface area (Å²) in [4.78, 5) is 0. The fourth-order valence-corrected chi connectivity index (χ4v) is 2.01. The minimum atomic E-state index is 0.989.